The predicted molar refractivity (Wildman–Crippen MR) is 182 cm³/mol. The van der Waals surface area contributed by atoms with E-state index in [1.807, 2.05) is 75.4 Å². The van der Waals surface area contributed by atoms with Gasteiger partial charge in [-0.05, 0) is 78.1 Å². The highest BCUT2D eigenvalue weighted by atomic mass is 35.5. The van der Waals surface area contributed by atoms with Crippen LogP contribution in [0.2, 0.25) is 5.02 Å². The lowest BCUT2D eigenvalue weighted by Gasteiger charge is -2.34. The van der Waals surface area contributed by atoms with Gasteiger partial charge in [0, 0.05) is 24.5 Å². The third-order valence-corrected chi connectivity index (χ3v) is 9.64. The lowest BCUT2D eigenvalue weighted by atomic mass is 10.0. The Balaban J connectivity index is 1.80. The van der Waals surface area contributed by atoms with Crippen LogP contribution in [-0.4, -0.2) is 51.4 Å². The summed E-state index contributed by atoms with van der Waals surface area (Å²) in [4.78, 5) is 29.9. The summed E-state index contributed by atoms with van der Waals surface area (Å²) >= 11 is 6.15. The Labute approximate surface area is 277 Å². The van der Waals surface area contributed by atoms with Crippen LogP contribution in [0.5, 0.6) is 5.75 Å². The van der Waals surface area contributed by atoms with Crippen molar-refractivity contribution in [2.45, 2.75) is 44.7 Å². The molecule has 10 heteroatoms. The van der Waals surface area contributed by atoms with Crippen molar-refractivity contribution in [2.75, 3.05) is 24.5 Å². The molecule has 46 heavy (non-hydrogen) atoms. The highest BCUT2D eigenvalue weighted by molar-refractivity contribution is 7.92. The molecule has 2 amide bonds. The van der Waals surface area contributed by atoms with Gasteiger partial charge in [0.2, 0.25) is 11.8 Å². The Morgan fingerprint density at radius 2 is 1.50 bits per heavy atom. The van der Waals surface area contributed by atoms with Crippen LogP contribution in [0.3, 0.4) is 0 Å². The Hall–Kier alpha value is -4.34. The van der Waals surface area contributed by atoms with Gasteiger partial charge in [0.15, 0.2) is 0 Å². The molecule has 0 aliphatic carbocycles. The smallest absolute Gasteiger partial charge is 0.264 e. The first-order valence-electron chi connectivity index (χ1n) is 15.1. The molecule has 4 rings (SSSR count). The van der Waals surface area contributed by atoms with Crippen LogP contribution in [0.25, 0.3) is 0 Å². The maximum atomic E-state index is 14.6. The normalized spacial score (nSPS) is 12.0. The molecule has 0 heterocycles. The molecule has 4 aromatic carbocycles. The number of amides is 2. The van der Waals surface area contributed by atoms with Crippen LogP contribution in [0.1, 0.15) is 30.5 Å². The van der Waals surface area contributed by atoms with Crippen LogP contribution >= 0.6 is 11.6 Å². The van der Waals surface area contributed by atoms with Crippen molar-refractivity contribution in [3.8, 4) is 5.75 Å². The Kier molecular flexibility index (Phi) is 11.8. The van der Waals surface area contributed by atoms with Crippen LogP contribution in [0.4, 0.5) is 5.69 Å². The van der Waals surface area contributed by atoms with Gasteiger partial charge in [-0.15, -0.1) is 0 Å². The van der Waals surface area contributed by atoms with Gasteiger partial charge in [-0.2, -0.15) is 0 Å². The monoisotopic (exact) mass is 661 g/mol. The van der Waals surface area contributed by atoms with Gasteiger partial charge >= 0.3 is 0 Å². The van der Waals surface area contributed by atoms with E-state index in [0.717, 1.165) is 21.0 Å². The molecule has 0 aliphatic rings. The van der Waals surface area contributed by atoms with Crippen LogP contribution in [0, 0.1) is 12.8 Å². The third-order valence-electron chi connectivity index (χ3n) is 7.60. The van der Waals surface area contributed by atoms with Gasteiger partial charge in [0.25, 0.3) is 10.0 Å². The van der Waals surface area contributed by atoms with E-state index in [1.165, 1.54) is 24.1 Å². The number of anilines is 1. The van der Waals surface area contributed by atoms with Crippen LogP contribution in [-0.2, 0) is 32.6 Å². The Morgan fingerprint density at radius 3 is 2.11 bits per heavy atom. The first-order valence-corrected chi connectivity index (χ1v) is 16.9. The number of ether oxygens (including phenoxy) is 1. The predicted octanol–water partition coefficient (Wildman–Crippen LogP) is 6.26. The molecule has 0 saturated heterocycles. The molecule has 0 aliphatic heterocycles. The molecule has 0 bridgehead atoms. The molecule has 242 valence electrons. The molecule has 0 radical (unpaired) electrons. The summed E-state index contributed by atoms with van der Waals surface area (Å²) in [5, 5.41) is 3.42. The second-order valence-electron chi connectivity index (χ2n) is 11.5. The molecule has 4 aromatic rings. The summed E-state index contributed by atoms with van der Waals surface area (Å²) in [6.45, 7) is 5.92. The molecular formula is C36H40ClN3O5S. The zero-order chi connectivity index (χ0) is 33.3. The van der Waals surface area contributed by atoms with Crippen LogP contribution < -0.4 is 14.4 Å². The second-order valence-corrected chi connectivity index (χ2v) is 13.8. The minimum Gasteiger partial charge on any atom is -0.497 e. The average molecular weight is 662 g/mol. The fourth-order valence-electron chi connectivity index (χ4n) is 4.96. The number of nitrogens with one attached hydrogen (secondary N) is 1. The fraction of sp³-hybridized carbons (Fsp3) is 0.278. The van der Waals surface area contributed by atoms with E-state index < -0.39 is 28.5 Å². The van der Waals surface area contributed by atoms with E-state index in [9.17, 15) is 18.0 Å². The number of hydrogen-bond acceptors (Lipinski definition) is 5. The average Bonchev–Trinajstić information content (AvgIpc) is 3.05. The standard InChI is InChI=1S/C36H40ClN3O5S/c1-26(2)23-38-36(42)34(22-28-11-6-5-7-12-28)39(24-29-13-9-8-10-27(29)3)35(41)25-40(31-16-14-30(37)15-17-31)46(43,44)33-20-18-32(45-4)19-21-33/h5-21,26,34H,22-25H2,1-4H3,(H,38,42)/t34-/m0/s1. The SMILES string of the molecule is COc1ccc(S(=O)(=O)N(CC(=O)N(Cc2ccccc2C)[C@@H](Cc2ccccc2)C(=O)NCC(C)C)c2ccc(Cl)cc2)cc1. The number of benzene rings is 4. The fourth-order valence-corrected chi connectivity index (χ4v) is 6.50. The molecule has 0 aromatic heterocycles. The summed E-state index contributed by atoms with van der Waals surface area (Å²) in [6.07, 6.45) is 0.245. The summed E-state index contributed by atoms with van der Waals surface area (Å²) < 4.78 is 34.6. The summed E-state index contributed by atoms with van der Waals surface area (Å²) in [7, 11) is -2.75. The van der Waals surface area contributed by atoms with Crippen LogP contribution in [0.15, 0.2) is 108 Å². The van der Waals surface area contributed by atoms with Crippen molar-refractivity contribution in [1.29, 1.82) is 0 Å². The van der Waals surface area contributed by atoms with E-state index in [4.69, 9.17) is 16.3 Å². The number of carbonyl (C=O) groups excluding carboxylic acids is 2. The number of hydrogen-bond donors (Lipinski definition) is 1. The molecule has 8 nitrogen and oxygen atoms in total. The maximum absolute atomic E-state index is 14.6. The number of rotatable bonds is 14. The third kappa shape index (κ3) is 8.89. The highest BCUT2D eigenvalue weighted by Gasteiger charge is 2.35. The molecular weight excluding hydrogens is 622 g/mol. The Bertz CT molecular complexity index is 1710. The first-order chi connectivity index (χ1) is 22.0. The van der Waals surface area contributed by atoms with Gasteiger partial charge in [-0.3, -0.25) is 13.9 Å². The van der Waals surface area contributed by atoms with Crippen molar-refractivity contribution >= 4 is 39.1 Å². The van der Waals surface area contributed by atoms with E-state index in [-0.39, 0.29) is 35.4 Å². The topological polar surface area (TPSA) is 96.0 Å². The number of methoxy groups -OCH3 is 1. The number of carbonyl (C=O) groups is 2. The van der Waals surface area contributed by atoms with Gasteiger partial charge in [-0.1, -0.05) is 80.0 Å². The van der Waals surface area contributed by atoms with E-state index in [2.05, 4.69) is 5.32 Å². The summed E-state index contributed by atoms with van der Waals surface area (Å²) in [6, 6.07) is 28.4. The van der Waals surface area contributed by atoms with E-state index in [1.54, 1.807) is 36.4 Å². The van der Waals surface area contributed by atoms with Crippen molar-refractivity contribution in [3.05, 3.63) is 125 Å². The lowest BCUT2D eigenvalue weighted by molar-refractivity contribution is -0.140. The molecule has 0 saturated carbocycles. The second kappa shape index (κ2) is 15.8. The zero-order valence-electron chi connectivity index (χ0n) is 26.5. The zero-order valence-corrected chi connectivity index (χ0v) is 28.1. The maximum Gasteiger partial charge on any atom is 0.264 e. The number of halogens is 1. The number of sulfonamides is 1. The number of aryl methyl sites for hydroxylation is 1. The van der Waals surface area contributed by atoms with Gasteiger partial charge < -0.3 is 15.0 Å². The summed E-state index contributed by atoms with van der Waals surface area (Å²) in [5.74, 6) is -0.156. The van der Waals surface area contributed by atoms with Gasteiger partial charge in [-0.25, -0.2) is 8.42 Å². The van der Waals surface area contributed by atoms with E-state index >= 15 is 0 Å². The number of nitrogens with zero attached hydrogens (tertiary/aromatic N) is 2. The van der Waals surface area contributed by atoms with Crippen molar-refractivity contribution < 1.29 is 22.7 Å². The van der Waals surface area contributed by atoms with Crippen molar-refractivity contribution in [2.24, 2.45) is 5.92 Å². The van der Waals surface area contributed by atoms with Crippen molar-refractivity contribution in [3.63, 3.8) is 0 Å². The minimum atomic E-state index is -4.24. The quantitative estimate of drug-likeness (QED) is 0.172. The highest BCUT2D eigenvalue weighted by Crippen LogP contribution is 2.27. The lowest BCUT2D eigenvalue weighted by Crippen LogP contribution is -2.53. The molecule has 0 fully saturated rings. The Morgan fingerprint density at radius 1 is 0.870 bits per heavy atom. The van der Waals surface area contributed by atoms with E-state index in [0.29, 0.717) is 17.3 Å². The van der Waals surface area contributed by atoms with Gasteiger partial charge in [0.1, 0.15) is 18.3 Å². The minimum absolute atomic E-state index is 0.0167. The summed E-state index contributed by atoms with van der Waals surface area (Å²) in [5.41, 5.74) is 2.92. The molecule has 0 spiro atoms. The van der Waals surface area contributed by atoms with Gasteiger partial charge in [0.05, 0.1) is 17.7 Å². The first kappa shape index (κ1) is 34.5. The largest absolute Gasteiger partial charge is 0.497 e. The van der Waals surface area contributed by atoms with Crippen molar-refractivity contribution in [1.82, 2.24) is 10.2 Å². The molecule has 1 atom stereocenters. The molecule has 0 unspecified atom stereocenters. The molecule has 1 N–H and O–H groups in total.